The average Bonchev–Trinajstić information content (AvgIpc) is 2.40. The van der Waals surface area contributed by atoms with Crippen molar-refractivity contribution in [3.8, 4) is 5.75 Å². The Bertz CT molecular complexity index is 662. The summed E-state index contributed by atoms with van der Waals surface area (Å²) in [5, 5.41) is 23.0. The molecular formula is C13H10F2N2O3. The molecule has 7 heteroatoms. The van der Waals surface area contributed by atoms with Crippen LogP contribution in [0.2, 0.25) is 0 Å². The van der Waals surface area contributed by atoms with Crippen molar-refractivity contribution in [2.75, 3.05) is 5.32 Å². The number of phenolic OH excluding ortho intramolecular Hbond substituents is 1. The van der Waals surface area contributed by atoms with Crippen LogP contribution in [0.1, 0.15) is 5.56 Å². The van der Waals surface area contributed by atoms with Gasteiger partial charge in [-0.2, -0.15) is 0 Å². The number of aromatic hydroxyl groups is 1. The molecule has 0 heterocycles. The van der Waals surface area contributed by atoms with E-state index in [-0.39, 0.29) is 23.5 Å². The van der Waals surface area contributed by atoms with Crippen LogP contribution in [0.5, 0.6) is 5.75 Å². The predicted molar refractivity (Wildman–Crippen MR) is 68.4 cm³/mol. The minimum Gasteiger partial charge on any atom is -0.508 e. The summed E-state index contributed by atoms with van der Waals surface area (Å²) in [5.74, 6) is -1.40. The van der Waals surface area contributed by atoms with Gasteiger partial charge in [-0.3, -0.25) is 10.1 Å². The maximum atomic E-state index is 13.0. The highest BCUT2D eigenvalue weighted by atomic mass is 19.1. The molecule has 20 heavy (non-hydrogen) atoms. The standard InChI is InChI=1S/C13H10F2N2O3/c14-9-2-4-13(18)8(5-9)7-16-11-3-1-10(15)6-12(11)17(19)20/h1-6,16,18H,7H2. The number of nitro benzene ring substituents is 1. The molecule has 0 radical (unpaired) electrons. The smallest absolute Gasteiger partial charge is 0.295 e. The van der Waals surface area contributed by atoms with Crippen molar-refractivity contribution in [2.24, 2.45) is 0 Å². The van der Waals surface area contributed by atoms with E-state index >= 15 is 0 Å². The third kappa shape index (κ3) is 3.00. The quantitative estimate of drug-likeness (QED) is 0.666. The largest absolute Gasteiger partial charge is 0.508 e. The van der Waals surface area contributed by atoms with E-state index in [0.29, 0.717) is 0 Å². The van der Waals surface area contributed by atoms with Crippen LogP contribution in [0.25, 0.3) is 0 Å². The molecule has 2 aromatic rings. The van der Waals surface area contributed by atoms with Crippen molar-refractivity contribution in [1.29, 1.82) is 0 Å². The summed E-state index contributed by atoms with van der Waals surface area (Å²) in [7, 11) is 0. The van der Waals surface area contributed by atoms with Crippen molar-refractivity contribution in [1.82, 2.24) is 0 Å². The van der Waals surface area contributed by atoms with Crippen molar-refractivity contribution in [2.45, 2.75) is 6.54 Å². The fourth-order valence-electron chi connectivity index (χ4n) is 1.69. The number of anilines is 1. The molecule has 0 amide bonds. The number of nitro groups is 1. The Balaban J connectivity index is 2.23. The lowest BCUT2D eigenvalue weighted by Crippen LogP contribution is -2.03. The second-order valence-electron chi connectivity index (χ2n) is 4.05. The van der Waals surface area contributed by atoms with Crippen LogP contribution in [0.4, 0.5) is 20.2 Å². The molecule has 0 aromatic heterocycles. The molecule has 2 rings (SSSR count). The minimum atomic E-state index is -0.726. The van der Waals surface area contributed by atoms with Crippen molar-refractivity contribution < 1.29 is 18.8 Å². The van der Waals surface area contributed by atoms with E-state index in [4.69, 9.17) is 0 Å². The Hall–Kier alpha value is -2.70. The second kappa shape index (κ2) is 5.52. The van der Waals surface area contributed by atoms with Crippen LogP contribution in [0.15, 0.2) is 36.4 Å². The number of phenols is 1. The van der Waals surface area contributed by atoms with Gasteiger partial charge in [-0.15, -0.1) is 0 Å². The van der Waals surface area contributed by atoms with E-state index in [9.17, 15) is 24.0 Å². The lowest BCUT2D eigenvalue weighted by atomic mass is 10.2. The monoisotopic (exact) mass is 280 g/mol. The number of hydrogen-bond donors (Lipinski definition) is 2. The molecule has 0 saturated heterocycles. The minimum absolute atomic E-state index is 0.0317. The van der Waals surface area contributed by atoms with Gasteiger partial charge in [0.05, 0.1) is 11.0 Å². The predicted octanol–water partition coefficient (Wildman–Crippen LogP) is 3.19. The van der Waals surface area contributed by atoms with Gasteiger partial charge in [0, 0.05) is 12.1 Å². The van der Waals surface area contributed by atoms with Crippen LogP contribution >= 0.6 is 0 Å². The Morgan fingerprint density at radius 1 is 1.15 bits per heavy atom. The summed E-state index contributed by atoms with van der Waals surface area (Å²) in [6.07, 6.45) is 0. The zero-order valence-electron chi connectivity index (χ0n) is 10.1. The van der Waals surface area contributed by atoms with Gasteiger partial charge in [-0.05, 0) is 30.3 Å². The molecule has 104 valence electrons. The Kier molecular flexibility index (Phi) is 3.79. The molecule has 0 spiro atoms. The number of hydrogen-bond acceptors (Lipinski definition) is 4. The van der Waals surface area contributed by atoms with Gasteiger partial charge in [-0.1, -0.05) is 0 Å². The zero-order valence-corrected chi connectivity index (χ0v) is 10.1. The fourth-order valence-corrected chi connectivity index (χ4v) is 1.69. The lowest BCUT2D eigenvalue weighted by molar-refractivity contribution is -0.384. The normalized spacial score (nSPS) is 10.3. The van der Waals surface area contributed by atoms with Gasteiger partial charge in [0.25, 0.3) is 5.69 Å². The van der Waals surface area contributed by atoms with E-state index in [1.54, 1.807) is 0 Å². The summed E-state index contributed by atoms with van der Waals surface area (Å²) in [4.78, 5) is 10.1. The van der Waals surface area contributed by atoms with Crippen LogP contribution < -0.4 is 5.32 Å². The van der Waals surface area contributed by atoms with Crippen LogP contribution in [0.3, 0.4) is 0 Å². The van der Waals surface area contributed by atoms with Gasteiger partial charge < -0.3 is 10.4 Å². The number of halogens is 2. The highest BCUT2D eigenvalue weighted by Gasteiger charge is 2.15. The maximum Gasteiger partial charge on any atom is 0.295 e. The van der Waals surface area contributed by atoms with Crippen LogP contribution in [-0.4, -0.2) is 10.0 Å². The second-order valence-corrected chi connectivity index (χ2v) is 4.05. The van der Waals surface area contributed by atoms with Gasteiger partial charge in [0.15, 0.2) is 0 Å². The topological polar surface area (TPSA) is 75.4 Å². The molecule has 2 N–H and O–H groups in total. The number of nitrogens with zero attached hydrogens (tertiary/aromatic N) is 1. The van der Waals surface area contributed by atoms with Crippen molar-refractivity contribution in [3.05, 3.63) is 63.7 Å². The molecular weight excluding hydrogens is 270 g/mol. The molecule has 0 aliphatic heterocycles. The SMILES string of the molecule is O=[N+]([O-])c1cc(F)ccc1NCc1cc(F)ccc1O. The molecule has 0 aliphatic rings. The first-order valence-electron chi connectivity index (χ1n) is 5.62. The van der Waals surface area contributed by atoms with E-state index in [1.807, 2.05) is 0 Å². The summed E-state index contributed by atoms with van der Waals surface area (Å²) in [5.41, 5.74) is -0.107. The van der Waals surface area contributed by atoms with E-state index in [2.05, 4.69) is 5.32 Å². The van der Waals surface area contributed by atoms with Crippen molar-refractivity contribution in [3.63, 3.8) is 0 Å². The Labute approximate surface area is 112 Å². The summed E-state index contributed by atoms with van der Waals surface area (Å²) < 4.78 is 26.0. The summed E-state index contributed by atoms with van der Waals surface area (Å²) in [6.45, 7) is -0.0317. The fraction of sp³-hybridized carbons (Fsp3) is 0.0769. The molecule has 5 nitrogen and oxygen atoms in total. The Morgan fingerprint density at radius 3 is 2.50 bits per heavy atom. The third-order valence-corrected chi connectivity index (χ3v) is 2.67. The van der Waals surface area contributed by atoms with Crippen LogP contribution in [-0.2, 0) is 6.54 Å². The van der Waals surface area contributed by atoms with E-state index < -0.39 is 22.2 Å². The molecule has 0 atom stereocenters. The zero-order chi connectivity index (χ0) is 14.7. The number of nitrogens with one attached hydrogen (secondary N) is 1. The lowest BCUT2D eigenvalue weighted by Gasteiger charge is -2.08. The van der Waals surface area contributed by atoms with Gasteiger partial charge in [0.2, 0.25) is 0 Å². The molecule has 0 aliphatic carbocycles. The first-order valence-corrected chi connectivity index (χ1v) is 5.62. The summed E-state index contributed by atoms with van der Waals surface area (Å²) >= 11 is 0. The number of rotatable bonds is 4. The maximum absolute atomic E-state index is 13.0. The highest BCUT2D eigenvalue weighted by Crippen LogP contribution is 2.26. The van der Waals surface area contributed by atoms with Crippen molar-refractivity contribution >= 4 is 11.4 Å². The first-order chi connectivity index (χ1) is 9.47. The van der Waals surface area contributed by atoms with Gasteiger partial charge in [0.1, 0.15) is 23.1 Å². The Morgan fingerprint density at radius 2 is 1.80 bits per heavy atom. The first kappa shape index (κ1) is 13.7. The van der Waals surface area contributed by atoms with Gasteiger partial charge >= 0.3 is 0 Å². The van der Waals surface area contributed by atoms with E-state index in [0.717, 1.165) is 24.3 Å². The average molecular weight is 280 g/mol. The highest BCUT2D eigenvalue weighted by molar-refractivity contribution is 5.61. The molecule has 0 bridgehead atoms. The van der Waals surface area contributed by atoms with Gasteiger partial charge in [-0.25, -0.2) is 8.78 Å². The van der Waals surface area contributed by atoms with E-state index in [1.165, 1.54) is 12.1 Å². The molecule has 0 unspecified atom stereocenters. The molecule has 0 saturated carbocycles. The molecule has 2 aromatic carbocycles. The molecule has 0 fully saturated rings. The number of benzene rings is 2. The van der Waals surface area contributed by atoms with Crippen LogP contribution in [0, 0.1) is 21.7 Å². The summed E-state index contributed by atoms with van der Waals surface area (Å²) in [6, 6.07) is 6.46. The third-order valence-electron chi connectivity index (χ3n) is 2.67.